The Hall–Kier alpha value is -2.42. The lowest BCUT2D eigenvalue weighted by Gasteiger charge is -2.01. The van der Waals surface area contributed by atoms with Crippen molar-refractivity contribution < 1.29 is 4.39 Å². The third kappa shape index (κ3) is 1.19. The van der Waals surface area contributed by atoms with Gasteiger partial charge in [-0.2, -0.15) is 0 Å². The Kier molecular flexibility index (Phi) is 1.75. The summed E-state index contributed by atoms with van der Waals surface area (Å²) in [6, 6.07) is 14.7. The molecule has 86 valence electrons. The third-order valence-electron chi connectivity index (χ3n) is 3.26. The van der Waals surface area contributed by atoms with Crippen LogP contribution in [-0.4, -0.2) is 9.38 Å². The van der Waals surface area contributed by atoms with Gasteiger partial charge in [-0.05, 0) is 35.7 Å². The Labute approximate surface area is 102 Å². The summed E-state index contributed by atoms with van der Waals surface area (Å²) in [6.07, 6.45) is 1.98. The molecule has 0 fully saturated rings. The highest BCUT2D eigenvalue weighted by Gasteiger charge is 2.07. The van der Waals surface area contributed by atoms with Crippen LogP contribution in [0.5, 0.6) is 0 Å². The van der Waals surface area contributed by atoms with E-state index in [-0.39, 0.29) is 5.82 Å². The number of fused-ring (bicyclic) bond motifs is 5. The molecular weight excluding hydrogens is 227 g/mol. The monoisotopic (exact) mass is 236 g/mol. The van der Waals surface area contributed by atoms with Gasteiger partial charge < -0.3 is 0 Å². The molecule has 4 aromatic rings. The molecule has 4 rings (SSSR count). The van der Waals surface area contributed by atoms with Crippen molar-refractivity contribution in [3.8, 4) is 0 Å². The lowest BCUT2D eigenvalue weighted by Crippen LogP contribution is -1.86. The van der Waals surface area contributed by atoms with Crippen molar-refractivity contribution in [2.75, 3.05) is 0 Å². The lowest BCUT2D eigenvalue weighted by molar-refractivity contribution is 0.630. The zero-order chi connectivity index (χ0) is 12.1. The van der Waals surface area contributed by atoms with Crippen LogP contribution in [0, 0.1) is 5.82 Å². The van der Waals surface area contributed by atoms with E-state index in [4.69, 9.17) is 0 Å². The molecule has 0 amide bonds. The van der Waals surface area contributed by atoms with Crippen molar-refractivity contribution in [3.05, 3.63) is 60.5 Å². The number of pyridine rings is 1. The van der Waals surface area contributed by atoms with Crippen LogP contribution in [0.1, 0.15) is 0 Å². The number of hydrogen-bond donors (Lipinski definition) is 0. The SMILES string of the molecule is Fc1ccc2ccn3c4ccccc4nc3c2c1. The number of halogens is 1. The van der Waals surface area contributed by atoms with Gasteiger partial charge in [0.05, 0.1) is 11.0 Å². The molecule has 0 spiro atoms. The minimum Gasteiger partial charge on any atom is -0.299 e. The van der Waals surface area contributed by atoms with Gasteiger partial charge in [0.2, 0.25) is 0 Å². The third-order valence-corrected chi connectivity index (χ3v) is 3.26. The maximum absolute atomic E-state index is 13.4. The van der Waals surface area contributed by atoms with E-state index in [2.05, 4.69) is 4.98 Å². The first-order valence-corrected chi connectivity index (χ1v) is 5.78. The minimum atomic E-state index is -0.234. The predicted octanol–water partition coefficient (Wildman–Crippen LogP) is 3.78. The van der Waals surface area contributed by atoms with Crippen LogP contribution in [0.15, 0.2) is 54.7 Å². The molecule has 18 heavy (non-hydrogen) atoms. The van der Waals surface area contributed by atoms with Crippen LogP contribution in [-0.2, 0) is 0 Å². The molecule has 0 bridgehead atoms. The molecule has 0 radical (unpaired) electrons. The van der Waals surface area contributed by atoms with Gasteiger partial charge >= 0.3 is 0 Å². The molecule has 0 atom stereocenters. The molecule has 0 aliphatic rings. The minimum absolute atomic E-state index is 0.234. The average Bonchev–Trinajstić information content (AvgIpc) is 2.78. The maximum atomic E-state index is 13.4. The van der Waals surface area contributed by atoms with E-state index < -0.39 is 0 Å². The van der Waals surface area contributed by atoms with Crippen molar-refractivity contribution in [2.24, 2.45) is 0 Å². The molecule has 2 aromatic carbocycles. The number of imidazole rings is 1. The van der Waals surface area contributed by atoms with E-state index in [1.54, 1.807) is 6.07 Å². The molecule has 0 saturated carbocycles. The summed E-state index contributed by atoms with van der Waals surface area (Å²) in [5.74, 6) is -0.234. The highest BCUT2D eigenvalue weighted by molar-refractivity contribution is 5.98. The Bertz CT molecular complexity index is 893. The van der Waals surface area contributed by atoms with Gasteiger partial charge in [-0.15, -0.1) is 0 Å². The molecule has 0 aliphatic heterocycles. The fraction of sp³-hybridized carbons (Fsp3) is 0. The molecule has 0 unspecified atom stereocenters. The molecule has 0 saturated heterocycles. The van der Waals surface area contributed by atoms with Gasteiger partial charge in [0, 0.05) is 11.6 Å². The summed E-state index contributed by atoms with van der Waals surface area (Å²) in [7, 11) is 0. The molecule has 0 N–H and O–H groups in total. The first-order chi connectivity index (χ1) is 8.83. The number of benzene rings is 2. The second-order valence-electron chi connectivity index (χ2n) is 4.34. The summed E-state index contributed by atoms with van der Waals surface area (Å²) in [5, 5.41) is 1.84. The Morgan fingerprint density at radius 2 is 1.89 bits per heavy atom. The zero-order valence-electron chi connectivity index (χ0n) is 9.47. The van der Waals surface area contributed by atoms with E-state index in [1.165, 1.54) is 12.1 Å². The van der Waals surface area contributed by atoms with Crippen LogP contribution in [0.25, 0.3) is 27.5 Å². The van der Waals surface area contributed by atoms with E-state index in [0.717, 1.165) is 27.5 Å². The lowest BCUT2D eigenvalue weighted by atomic mass is 10.1. The molecule has 2 nitrogen and oxygen atoms in total. The van der Waals surface area contributed by atoms with Crippen LogP contribution < -0.4 is 0 Å². The quantitative estimate of drug-likeness (QED) is 0.454. The summed E-state index contributed by atoms with van der Waals surface area (Å²) < 4.78 is 15.4. The molecular formula is C15H9FN2. The first kappa shape index (κ1) is 9.59. The molecule has 2 heterocycles. The standard InChI is InChI=1S/C15H9FN2/c16-11-6-5-10-7-8-18-14-4-2-1-3-13(14)17-15(18)12(10)9-11/h1-9H. The number of aromatic nitrogens is 2. The Morgan fingerprint density at radius 1 is 1.00 bits per heavy atom. The van der Waals surface area contributed by atoms with Crippen molar-refractivity contribution in [3.63, 3.8) is 0 Å². The Morgan fingerprint density at radius 3 is 2.83 bits per heavy atom. The Balaban J connectivity index is 2.31. The molecule has 0 aliphatic carbocycles. The summed E-state index contributed by atoms with van der Waals surface area (Å²) >= 11 is 0. The van der Waals surface area contributed by atoms with Crippen LogP contribution >= 0.6 is 0 Å². The van der Waals surface area contributed by atoms with E-state index >= 15 is 0 Å². The van der Waals surface area contributed by atoms with E-state index in [0.29, 0.717) is 0 Å². The average molecular weight is 236 g/mol. The van der Waals surface area contributed by atoms with Gasteiger partial charge in [-0.25, -0.2) is 9.37 Å². The number of hydrogen-bond acceptors (Lipinski definition) is 1. The summed E-state index contributed by atoms with van der Waals surface area (Å²) in [5.41, 5.74) is 2.76. The molecule has 3 heteroatoms. The zero-order valence-corrected chi connectivity index (χ0v) is 9.47. The highest BCUT2D eigenvalue weighted by atomic mass is 19.1. The summed E-state index contributed by atoms with van der Waals surface area (Å²) in [6.45, 7) is 0. The smallest absolute Gasteiger partial charge is 0.145 e. The fourth-order valence-corrected chi connectivity index (χ4v) is 2.41. The normalized spacial score (nSPS) is 11.6. The maximum Gasteiger partial charge on any atom is 0.145 e. The van der Waals surface area contributed by atoms with Crippen molar-refractivity contribution in [1.29, 1.82) is 0 Å². The largest absolute Gasteiger partial charge is 0.299 e. The van der Waals surface area contributed by atoms with Crippen molar-refractivity contribution in [1.82, 2.24) is 9.38 Å². The second-order valence-corrected chi connectivity index (χ2v) is 4.34. The number of rotatable bonds is 0. The first-order valence-electron chi connectivity index (χ1n) is 5.78. The van der Waals surface area contributed by atoms with E-state index in [9.17, 15) is 4.39 Å². The van der Waals surface area contributed by atoms with Gasteiger partial charge in [0.1, 0.15) is 11.5 Å². The van der Waals surface area contributed by atoms with Crippen LogP contribution in [0.3, 0.4) is 0 Å². The van der Waals surface area contributed by atoms with E-state index in [1.807, 2.05) is 40.9 Å². The van der Waals surface area contributed by atoms with Gasteiger partial charge in [0.15, 0.2) is 0 Å². The molecule has 2 aromatic heterocycles. The van der Waals surface area contributed by atoms with Gasteiger partial charge in [0.25, 0.3) is 0 Å². The highest BCUT2D eigenvalue weighted by Crippen LogP contribution is 2.24. The second kappa shape index (κ2) is 3.29. The van der Waals surface area contributed by atoms with Crippen molar-refractivity contribution >= 4 is 27.5 Å². The number of nitrogens with zero attached hydrogens (tertiary/aromatic N) is 2. The topological polar surface area (TPSA) is 17.3 Å². The fourth-order valence-electron chi connectivity index (χ4n) is 2.41. The van der Waals surface area contributed by atoms with Gasteiger partial charge in [-0.3, -0.25) is 4.40 Å². The summed E-state index contributed by atoms with van der Waals surface area (Å²) in [4.78, 5) is 4.58. The van der Waals surface area contributed by atoms with Crippen LogP contribution in [0.2, 0.25) is 0 Å². The predicted molar refractivity (Wildman–Crippen MR) is 70.2 cm³/mol. The number of para-hydroxylation sites is 2. The van der Waals surface area contributed by atoms with Crippen LogP contribution in [0.4, 0.5) is 4.39 Å². The van der Waals surface area contributed by atoms with Crippen molar-refractivity contribution in [2.45, 2.75) is 0 Å². The van der Waals surface area contributed by atoms with Gasteiger partial charge in [-0.1, -0.05) is 18.2 Å².